The molecule has 2 aliphatic rings. The number of hydrogen-bond acceptors (Lipinski definition) is 3. The molecule has 0 aromatic rings. The maximum absolute atomic E-state index is 5.93. The van der Waals surface area contributed by atoms with E-state index >= 15 is 0 Å². The highest BCUT2D eigenvalue weighted by Gasteiger charge is 2.40. The molecule has 2 fully saturated rings. The van der Waals surface area contributed by atoms with Gasteiger partial charge in [0.05, 0.1) is 12.7 Å². The van der Waals surface area contributed by atoms with Crippen LogP contribution in [0.5, 0.6) is 0 Å². The molecule has 3 heteroatoms. The molecule has 3 atom stereocenters. The van der Waals surface area contributed by atoms with E-state index < -0.39 is 0 Å². The second kappa shape index (κ2) is 4.17. The predicted octanol–water partition coefficient (Wildman–Crippen LogP) is 0.869. The molecule has 1 aliphatic carbocycles. The second-order valence-corrected chi connectivity index (χ2v) is 5.06. The lowest BCUT2D eigenvalue weighted by atomic mass is 9.67. The van der Waals surface area contributed by atoms with E-state index in [1.807, 2.05) is 0 Å². The van der Waals surface area contributed by atoms with Gasteiger partial charge in [0, 0.05) is 0 Å². The van der Waals surface area contributed by atoms with E-state index in [0.29, 0.717) is 17.4 Å². The molecule has 0 aromatic carbocycles. The Morgan fingerprint density at radius 2 is 2.14 bits per heavy atom. The molecule has 82 valence electrons. The molecule has 0 radical (unpaired) electrons. The fourth-order valence-corrected chi connectivity index (χ4v) is 2.91. The zero-order valence-corrected chi connectivity index (χ0v) is 8.87. The summed E-state index contributed by atoms with van der Waals surface area (Å²) < 4.78 is 5.32. The van der Waals surface area contributed by atoms with Gasteiger partial charge in [0.1, 0.15) is 0 Å². The van der Waals surface area contributed by atoms with Crippen molar-refractivity contribution in [2.24, 2.45) is 22.8 Å². The minimum Gasteiger partial charge on any atom is -0.373 e. The summed E-state index contributed by atoms with van der Waals surface area (Å²) in [7, 11) is 0. The Hall–Kier alpha value is -0.120. The molecule has 0 bridgehead atoms. The van der Waals surface area contributed by atoms with Gasteiger partial charge in [-0.15, -0.1) is 0 Å². The van der Waals surface area contributed by atoms with Gasteiger partial charge in [0.2, 0.25) is 0 Å². The maximum Gasteiger partial charge on any atom is 0.0815 e. The van der Waals surface area contributed by atoms with Crippen molar-refractivity contribution in [1.29, 1.82) is 0 Å². The number of epoxide rings is 1. The molecule has 14 heavy (non-hydrogen) atoms. The molecular formula is C11H22N2O. The van der Waals surface area contributed by atoms with Crippen molar-refractivity contribution in [3.8, 4) is 0 Å². The van der Waals surface area contributed by atoms with Crippen molar-refractivity contribution < 1.29 is 4.74 Å². The van der Waals surface area contributed by atoms with Crippen LogP contribution in [0, 0.1) is 11.3 Å². The van der Waals surface area contributed by atoms with Gasteiger partial charge in [-0.2, -0.15) is 0 Å². The van der Waals surface area contributed by atoms with E-state index in [1.54, 1.807) is 0 Å². The van der Waals surface area contributed by atoms with Gasteiger partial charge in [0.25, 0.3) is 0 Å². The third kappa shape index (κ3) is 2.27. The second-order valence-electron chi connectivity index (χ2n) is 5.06. The minimum absolute atomic E-state index is 0.351. The molecule has 2 rings (SSSR count). The topological polar surface area (TPSA) is 64.6 Å². The van der Waals surface area contributed by atoms with Crippen LogP contribution in [0.4, 0.5) is 0 Å². The van der Waals surface area contributed by atoms with E-state index in [1.165, 1.54) is 32.1 Å². The molecule has 0 aromatic heterocycles. The van der Waals surface area contributed by atoms with Crippen LogP contribution in [-0.4, -0.2) is 25.8 Å². The van der Waals surface area contributed by atoms with Crippen LogP contribution < -0.4 is 11.5 Å². The first-order valence-corrected chi connectivity index (χ1v) is 5.80. The Bertz CT molecular complexity index is 194. The van der Waals surface area contributed by atoms with E-state index in [4.69, 9.17) is 16.2 Å². The van der Waals surface area contributed by atoms with Gasteiger partial charge in [-0.05, 0) is 50.1 Å². The number of nitrogens with two attached hydrogens (primary N) is 2. The van der Waals surface area contributed by atoms with Crippen LogP contribution in [0.25, 0.3) is 0 Å². The zero-order valence-electron chi connectivity index (χ0n) is 8.87. The van der Waals surface area contributed by atoms with E-state index in [0.717, 1.165) is 19.7 Å². The lowest BCUT2D eigenvalue weighted by Gasteiger charge is -2.39. The summed E-state index contributed by atoms with van der Waals surface area (Å²) in [5, 5.41) is 0. The summed E-state index contributed by atoms with van der Waals surface area (Å²) in [5.41, 5.74) is 12.0. The summed E-state index contributed by atoms with van der Waals surface area (Å²) in [5.74, 6) is 0.700. The molecule has 1 heterocycles. The lowest BCUT2D eigenvalue weighted by molar-refractivity contribution is 0.124. The predicted molar refractivity (Wildman–Crippen MR) is 56.9 cm³/mol. The largest absolute Gasteiger partial charge is 0.373 e. The summed E-state index contributed by atoms with van der Waals surface area (Å²) in [6, 6.07) is 0. The highest BCUT2D eigenvalue weighted by molar-refractivity contribution is 4.91. The quantitative estimate of drug-likeness (QED) is 0.659. The fourth-order valence-electron chi connectivity index (χ4n) is 2.91. The maximum atomic E-state index is 5.93. The molecule has 4 N–H and O–H groups in total. The first kappa shape index (κ1) is 10.4. The molecule has 3 nitrogen and oxygen atoms in total. The third-order valence-electron chi connectivity index (χ3n) is 3.87. The van der Waals surface area contributed by atoms with Crippen molar-refractivity contribution in [2.45, 2.75) is 38.2 Å². The summed E-state index contributed by atoms with van der Waals surface area (Å²) in [6.45, 7) is 2.59. The standard InChI is InChI=1S/C11H22N2O/c12-6-9-2-1-3-11(4-9,8-13)5-10-7-14-10/h9-10H,1-8,12-13H2. The molecule has 0 amide bonds. The van der Waals surface area contributed by atoms with Crippen molar-refractivity contribution >= 4 is 0 Å². The number of hydrogen-bond donors (Lipinski definition) is 2. The number of ether oxygens (including phenoxy) is 1. The minimum atomic E-state index is 0.351. The van der Waals surface area contributed by atoms with Crippen LogP contribution in [0.1, 0.15) is 32.1 Å². The Morgan fingerprint density at radius 3 is 2.71 bits per heavy atom. The first-order valence-electron chi connectivity index (χ1n) is 5.80. The van der Waals surface area contributed by atoms with Gasteiger partial charge in [-0.25, -0.2) is 0 Å². The summed E-state index contributed by atoms with van der Waals surface area (Å²) >= 11 is 0. The summed E-state index contributed by atoms with van der Waals surface area (Å²) in [4.78, 5) is 0. The highest BCUT2D eigenvalue weighted by Crippen LogP contribution is 2.43. The zero-order chi connectivity index (χ0) is 10.0. The highest BCUT2D eigenvalue weighted by atomic mass is 16.6. The van der Waals surface area contributed by atoms with Crippen molar-refractivity contribution in [3.05, 3.63) is 0 Å². The molecule has 1 saturated heterocycles. The van der Waals surface area contributed by atoms with Crippen LogP contribution >= 0.6 is 0 Å². The van der Waals surface area contributed by atoms with E-state index in [-0.39, 0.29) is 0 Å². The van der Waals surface area contributed by atoms with Crippen LogP contribution in [-0.2, 0) is 4.74 Å². The fraction of sp³-hybridized carbons (Fsp3) is 1.00. The third-order valence-corrected chi connectivity index (χ3v) is 3.87. The normalized spacial score (nSPS) is 42.4. The van der Waals surface area contributed by atoms with Crippen molar-refractivity contribution in [1.82, 2.24) is 0 Å². The monoisotopic (exact) mass is 198 g/mol. The van der Waals surface area contributed by atoms with Gasteiger partial charge < -0.3 is 16.2 Å². The number of rotatable bonds is 4. The van der Waals surface area contributed by atoms with Gasteiger partial charge in [0.15, 0.2) is 0 Å². The van der Waals surface area contributed by atoms with Crippen LogP contribution in [0.2, 0.25) is 0 Å². The lowest BCUT2D eigenvalue weighted by Crippen LogP contribution is -2.38. The Balaban J connectivity index is 1.94. The van der Waals surface area contributed by atoms with Gasteiger partial charge >= 0.3 is 0 Å². The average molecular weight is 198 g/mol. The Kier molecular flexibility index (Phi) is 3.10. The van der Waals surface area contributed by atoms with E-state index in [9.17, 15) is 0 Å². The molecule has 3 unspecified atom stereocenters. The smallest absolute Gasteiger partial charge is 0.0815 e. The Labute approximate surface area is 86.2 Å². The van der Waals surface area contributed by atoms with Crippen molar-refractivity contribution in [2.75, 3.05) is 19.7 Å². The summed E-state index contributed by atoms with van der Waals surface area (Å²) in [6.07, 6.45) is 6.77. The molecule has 1 saturated carbocycles. The average Bonchev–Trinajstić information content (AvgIpc) is 3.02. The van der Waals surface area contributed by atoms with Crippen molar-refractivity contribution in [3.63, 3.8) is 0 Å². The molecular weight excluding hydrogens is 176 g/mol. The van der Waals surface area contributed by atoms with E-state index in [2.05, 4.69) is 0 Å². The van der Waals surface area contributed by atoms with Crippen LogP contribution in [0.15, 0.2) is 0 Å². The van der Waals surface area contributed by atoms with Gasteiger partial charge in [-0.3, -0.25) is 0 Å². The molecule has 1 aliphatic heterocycles. The SMILES string of the molecule is NCC1CCCC(CN)(CC2CO2)C1. The Morgan fingerprint density at radius 1 is 1.36 bits per heavy atom. The van der Waals surface area contributed by atoms with Crippen LogP contribution in [0.3, 0.4) is 0 Å². The molecule has 0 spiro atoms. The van der Waals surface area contributed by atoms with Gasteiger partial charge in [-0.1, -0.05) is 6.42 Å². The first-order chi connectivity index (χ1) is 6.78.